The monoisotopic (exact) mass is 569 g/mol. The standard InChI is InChI=1S/C23H31N5O2S.HI/c1-5-24-23(26-16-19-11-12-22(17(2)15-19)31(4,29)30)25-13-8-14-28-18(3)27-20-9-6-7-10-21(20)28;/h6-7,9-12,15H,5,8,13-14,16H2,1-4H3,(H2,24,25,26);1H. The van der Waals surface area contributed by atoms with E-state index >= 15 is 0 Å². The second-order valence-electron chi connectivity index (χ2n) is 7.65. The Morgan fingerprint density at radius 3 is 2.56 bits per heavy atom. The van der Waals surface area contributed by atoms with Crippen LogP contribution in [0.2, 0.25) is 0 Å². The van der Waals surface area contributed by atoms with Crippen LogP contribution in [0.5, 0.6) is 0 Å². The summed E-state index contributed by atoms with van der Waals surface area (Å²) in [4.78, 5) is 9.63. The highest BCUT2D eigenvalue weighted by Crippen LogP contribution is 2.17. The molecule has 2 aromatic carbocycles. The van der Waals surface area contributed by atoms with E-state index in [-0.39, 0.29) is 24.0 Å². The van der Waals surface area contributed by atoms with E-state index < -0.39 is 9.84 Å². The second kappa shape index (κ2) is 11.6. The normalized spacial score (nSPS) is 11.9. The fourth-order valence-corrected chi connectivity index (χ4v) is 4.62. The molecule has 0 fully saturated rings. The minimum atomic E-state index is -3.21. The lowest BCUT2D eigenvalue weighted by molar-refractivity contribution is 0.601. The van der Waals surface area contributed by atoms with Crippen molar-refractivity contribution in [2.75, 3.05) is 19.3 Å². The van der Waals surface area contributed by atoms with E-state index in [1.165, 1.54) is 6.26 Å². The molecule has 174 valence electrons. The van der Waals surface area contributed by atoms with Crippen molar-refractivity contribution in [3.63, 3.8) is 0 Å². The number of rotatable bonds is 8. The van der Waals surface area contributed by atoms with Crippen LogP contribution in [-0.4, -0.2) is 43.3 Å². The minimum absolute atomic E-state index is 0. The average Bonchev–Trinajstić information content (AvgIpc) is 3.03. The van der Waals surface area contributed by atoms with Crippen molar-refractivity contribution in [2.24, 2.45) is 4.99 Å². The van der Waals surface area contributed by atoms with E-state index in [4.69, 9.17) is 0 Å². The maximum atomic E-state index is 11.8. The van der Waals surface area contributed by atoms with Crippen molar-refractivity contribution in [1.82, 2.24) is 20.2 Å². The van der Waals surface area contributed by atoms with E-state index in [9.17, 15) is 8.42 Å². The number of aromatic nitrogens is 2. The number of aliphatic imine (C=N–C) groups is 1. The summed E-state index contributed by atoms with van der Waals surface area (Å²) in [6.07, 6.45) is 2.17. The number of sulfone groups is 1. The number of halogens is 1. The van der Waals surface area contributed by atoms with Gasteiger partial charge in [0.05, 0.1) is 22.5 Å². The lowest BCUT2D eigenvalue weighted by Crippen LogP contribution is -2.38. The molecule has 0 saturated heterocycles. The Morgan fingerprint density at radius 1 is 1.12 bits per heavy atom. The van der Waals surface area contributed by atoms with Crippen molar-refractivity contribution < 1.29 is 8.42 Å². The quantitative estimate of drug-likeness (QED) is 0.187. The Hall–Kier alpha value is -2.14. The first-order valence-corrected chi connectivity index (χ1v) is 12.4. The zero-order valence-electron chi connectivity index (χ0n) is 19.1. The molecular formula is C23H32IN5O2S. The van der Waals surface area contributed by atoms with Gasteiger partial charge in [0.1, 0.15) is 5.82 Å². The highest BCUT2D eigenvalue weighted by molar-refractivity contribution is 14.0. The number of aryl methyl sites for hydroxylation is 3. The summed E-state index contributed by atoms with van der Waals surface area (Å²) >= 11 is 0. The van der Waals surface area contributed by atoms with Crippen LogP contribution in [0, 0.1) is 13.8 Å². The average molecular weight is 570 g/mol. The van der Waals surface area contributed by atoms with Gasteiger partial charge in [0.25, 0.3) is 0 Å². The fraction of sp³-hybridized carbons (Fsp3) is 0.391. The van der Waals surface area contributed by atoms with E-state index in [0.29, 0.717) is 11.4 Å². The van der Waals surface area contributed by atoms with Crippen molar-refractivity contribution in [1.29, 1.82) is 0 Å². The van der Waals surface area contributed by atoms with E-state index in [1.54, 1.807) is 6.07 Å². The first-order valence-electron chi connectivity index (χ1n) is 10.5. The number of imidazole rings is 1. The SMILES string of the molecule is CCNC(=NCc1ccc(S(C)(=O)=O)c(C)c1)NCCCn1c(C)nc2ccccc21.I. The number of nitrogens with zero attached hydrogens (tertiary/aromatic N) is 3. The number of hydrogen-bond donors (Lipinski definition) is 2. The Morgan fingerprint density at radius 2 is 1.88 bits per heavy atom. The molecule has 0 saturated carbocycles. The highest BCUT2D eigenvalue weighted by Gasteiger charge is 2.11. The molecular weight excluding hydrogens is 537 g/mol. The number of nitrogens with one attached hydrogen (secondary N) is 2. The molecule has 0 spiro atoms. The summed E-state index contributed by atoms with van der Waals surface area (Å²) in [7, 11) is -3.21. The summed E-state index contributed by atoms with van der Waals surface area (Å²) in [5.74, 6) is 1.77. The topological polar surface area (TPSA) is 88.4 Å². The molecule has 0 radical (unpaired) electrons. The Balaban J connectivity index is 0.00000363. The number of hydrogen-bond acceptors (Lipinski definition) is 4. The second-order valence-corrected chi connectivity index (χ2v) is 9.63. The molecule has 1 heterocycles. The Kier molecular flexibility index (Phi) is 9.50. The van der Waals surface area contributed by atoms with Crippen LogP contribution in [0.25, 0.3) is 11.0 Å². The molecule has 0 aliphatic rings. The molecule has 32 heavy (non-hydrogen) atoms. The molecule has 9 heteroatoms. The van der Waals surface area contributed by atoms with Gasteiger partial charge in [-0.1, -0.05) is 24.3 Å². The van der Waals surface area contributed by atoms with Gasteiger partial charge in [0, 0.05) is 25.9 Å². The molecule has 0 bridgehead atoms. The van der Waals surface area contributed by atoms with E-state index in [1.807, 2.05) is 51.1 Å². The first-order chi connectivity index (χ1) is 14.8. The summed E-state index contributed by atoms with van der Waals surface area (Å²) in [5.41, 5.74) is 3.91. The third kappa shape index (κ3) is 6.68. The summed E-state index contributed by atoms with van der Waals surface area (Å²) < 4.78 is 25.8. The van der Waals surface area contributed by atoms with Gasteiger partial charge >= 0.3 is 0 Å². The lowest BCUT2D eigenvalue weighted by Gasteiger charge is -2.13. The molecule has 0 aliphatic carbocycles. The van der Waals surface area contributed by atoms with Gasteiger partial charge in [0.15, 0.2) is 15.8 Å². The van der Waals surface area contributed by atoms with Crippen LogP contribution >= 0.6 is 24.0 Å². The number of para-hydroxylation sites is 2. The summed E-state index contributed by atoms with van der Waals surface area (Å²) in [6, 6.07) is 13.6. The Bertz CT molecular complexity index is 1190. The molecule has 0 aliphatic heterocycles. The van der Waals surface area contributed by atoms with Crippen LogP contribution in [0.1, 0.15) is 30.3 Å². The van der Waals surface area contributed by atoms with Crippen molar-refractivity contribution >= 4 is 50.8 Å². The molecule has 1 aromatic heterocycles. The minimum Gasteiger partial charge on any atom is -0.357 e. The lowest BCUT2D eigenvalue weighted by atomic mass is 10.1. The fourth-order valence-electron chi connectivity index (χ4n) is 3.66. The van der Waals surface area contributed by atoms with Crippen LogP contribution < -0.4 is 10.6 Å². The van der Waals surface area contributed by atoms with E-state index in [2.05, 4.69) is 31.2 Å². The van der Waals surface area contributed by atoms with Gasteiger partial charge in [-0.05, 0) is 56.5 Å². The first kappa shape index (κ1) is 26.1. The van der Waals surface area contributed by atoms with Crippen molar-refractivity contribution in [3.8, 4) is 0 Å². The third-order valence-corrected chi connectivity index (χ3v) is 6.36. The van der Waals surface area contributed by atoms with Crippen molar-refractivity contribution in [2.45, 2.75) is 45.2 Å². The highest BCUT2D eigenvalue weighted by atomic mass is 127. The van der Waals surface area contributed by atoms with Gasteiger partial charge in [0.2, 0.25) is 0 Å². The van der Waals surface area contributed by atoms with Gasteiger partial charge in [-0.25, -0.2) is 18.4 Å². The molecule has 0 atom stereocenters. The van der Waals surface area contributed by atoms with Gasteiger partial charge in [-0.2, -0.15) is 0 Å². The van der Waals surface area contributed by atoms with E-state index in [0.717, 1.165) is 60.0 Å². The van der Waals surface area contributed by atoms with Crippen LogP contribution in [-0.2, 0) is 22.9 Å². The third-order valence-electron chi connectivity index (χ3n) is 5.10. The van der Waals surface area contributed by atoms with Crippen LogP contribution in [0.15, 0.2) is 52.4 Å². The van der Waals surface area contributed by atoms with Crippen LogP contribution in [0.4, 0.5) is 0 Å². The van der Waals surface area contributed by atoms with Gasteiger partial charge < -0.3 is 15.2 Å². The number of fused-ring (bicyclic) bond motifs is 1. The predicted molar refractivity (Wildman–Crippen MR) is 142 cm³/mol. The van der Waals surface area contributed by atoms with Crippen LogP contribution in [0.3, 0.4) is 0 Å². The molecule has 0 unspecified atom stereocenters. The summed E-state index contributed by atoms with van der Waals surface area (Å²) in [5, 5.41) is 6.64. The van der Waals surface area contributed by atoms with Crippen molar-refractivity contribution in [3.05, 3.63) is 59.4 Å². The summed E-state index contributed by atoms with van der Waals surface area (Å²) in [6.45, 7) is 8.79. The molecule has 2 N–H and O–H groups in total. The number of guanidine groups is 1. The molecule has 3 rings (SSSR count). The molecule has 7 nitrogen and oxygen atoms in total. The zero-order chi connectivity index (χ0) is 22.4. The molecule has 3 aromatic rings. The zero-order valence-corrected chi connectivity index (χ0v) is 22.2. The smallest absolute Gasteiger partial charge is 0.191 e. The molecule has 0 amide bonds. The maximum Gasteiger partial charge on any atom is 0.191 e. The Labute approximate surface area is 207 Å². The van der Waals surface area contributed by atoms with Gasteiger partial charge in [-0.15, -0.1) is 24.0 Å². The maximum absolute atomic E-state index is 11.8. The number of benzene rings is 2. The largest absolute Gasteiger partial charge is 0.357 e. The van der Waals surface area contributed by atoms with Gasteiger partial charge in [-0.3, -0.25) is 0 Å². The predicted octanol–water partition coefficient (Wildman–Crippen LogP) is 3.82.